The molecule has 349 valence electrons. The van der Waals surface area contributed by atoms with Crippen molar-refractivity contribution in [2.45, 2.75) is 284 Å². The molecule has 56 heavy (non-hydrogen) atoms. The van der Waals surface area contributed by atoms with E-state index in [-0.39, 0.29) is 106 Å². The van der Waals surface area contributed by atoms with Gasteiger partial charge in [0.1, 0.15) is 0 Å². The molecule has 0 saturated heterocycles. The molecule has 0 spiro atoms. The van der Waals surface area contributed by atoms with Crippen molar-refractivity contribution in [3.05, 3.63) is 0 Å². The van der Waals surface area contributed by atoms with E-state index in [4.69, 9.17) is 21.6 Å². The second-order valence-corrected chi connectivity index (χ2v) is 37.4. The maximum absolute atomic E-state index is 8.99. The van der Waals surface area contributed by atoms with E-state index in [0.29, 0.717) is 6.61 Å². The largest absolute Gasteiger partial charge is 0.437 e. The first kappa shape index (κ1) is 82.4. The van der Waals surface area contributed by atoms with Gasteiger partial charge in [-0.05, 0) is 84.0 Å². The normalized spacial score (nSPS) is 13.1. The standard InChI is InChI=1S/C37H86O5Si5.7CH4.W.Y/c1-12-13-14-15-16-17-18-19-20-21-24-27-30-33-36-46(10,40-44(5,6)7)42-47(11,41-45(8,9)39-43(2,3)4)37-34-31-28-25-22-23-26-29-32-35-38;;;;;;;;;/h38H,12-37H2,1-11H3;7*1H4;;. The van der Waals surface area contributed by atoms with Crippen molar-refractivity contribution >= 4 is 42.3 Å². The first-order valence-corrected chi connectivity index (χ1v) is 35.0. The van der Waals surface area contributed by atoms with Gasteiger partial charge < -0.3 is 21.6 Å². The average molecular weight is 1140 g/mol. The topological polar surface area (TPSA) is 57.2 Å². The van der Waals surface area contributed by atoms with Gasteiger partial charge in [-0.15, -0.1) is 0 Å². The smallest absolute Gasteiger partial charge is 0.317 e. The molecule has 1 radical (unpaired) electrons. The molecule has 0 saturated carbocycles. The predicted molar refractivity (Wildman–Crippen MR) is 267 cm³/mol. The summed E-state index contributed by atoms with van der Waals surface area (Å²) in [5, 5.41) is 8.99. The molecular weight excluding hydrogens is 1020 g/mol. The molecule has 0 aliphatic carbocycles. The first-order valence-electron chi connectivity index (χ1n) is 20.4. The number of hydrogen-bond acceptors (Lipinski definition) is 5. The molecular formula is C44H114O5Si5WY. The van der Waals surface area contributed by atoms with Gasteiger partial charge in [0.2, 0.25) is 0 Å². The molecule has 12 heteroatoms. The van der Waals surface area contributed by atoms with E-state index in [1.165, 1.54) is 135 Å². The fourth-order valence-corrected chi connectivity index (χ4v) is 31.0. The molecule has 2 unspecified atom stereocenters. The van der Waals surface area contributed by atoms with E-state index < -0.39 is 42.3 Å². The number of aliphatic hydroxyl groups excluding tert-OH is 1. The third-order valence-corrected chi connectivity index (χ3v) is 27.0. The summed E-state index contributed by atoms with van der Waals surface area (Å²) < 4.78 is 28.2. The van der Waals surface area contributed by atoms with Crippen LogP contribution in [0.1, 0.15) is 207 Å². The van der Waals surface area contributed by atoms with Crippen molar-refractivity contribution in [3.63, 3.8) is 0 Å². The van der Waals surface area contributed by atoms with Crippen molar-refractivity contribution in [1.29, 1.82) is 0 Å². The molecule has 0 aromatic heterocycles. The molecule has 2 atom stereocenters. The summed E-state index contributed by atoms with van der Waals surface area (Å²) in [7, 11) is -10.8. The van der Waals surface area contributed by atoms with Crippen molar-refractivity contribution in [1.82, 2.24) is 0 Å². The summed E-state index contributed by atoms with van der Waals surface area (Å²) >= 11 is 0. The summed E-state index contributed by atoms with van der Waals surface area (Å²) in [5.74, 6) is 0. The minimum atomic E-state index is -2.52. The number of unbranched alkanes of at least 4 members (excludes halogenated alkanes) is 21. The van der Waals surface area contributed by atoms with Crippen molar-refractivity contribution in [2.75, 3.05) is 6.61 Å². The Morgan fingerprint density at radius 1 is 0.339 bits per heavy atom. The van der Waals surface area contributed by atoms with Crippen molar-refractivity contribution < 1.29 is 75.3 Å². The molecule has 0 aliphatic heterocycles. The molecule has 0 heterocycles. The third kappa shape index (κ3) is 54.7. The summed E-state index contributed by atoms with van der Waals surface area (Å²) in [6.45, 7) is 25.6. The molecule has 1 N–H and O–H groups in total. The van der Waals surface area contributed by atoms with Crippen LogP contribution in [0.15, 0.2) is 0 Å². The Morgan fingerprint density at radius 3 is 0.857 bits per heavy atom. The van der Waals surface area contributed by atoms with Gasteiger partial charge in [0.25, 0.3) is 0 Å². The van der Waals surface area contributed by atoms with Gasteiger partial charge in [-0.25, -0.2) is 0 Å². The molecule has 0 aromatic carbocycles. The van der Waals surface area contributed by atoms with Crippen LogP contribution in [0.25, 0.3) is 0 Å². The van der Waals surface area contributed by atoms with E-state index in [1.54, 1.807) is 0 Å². The Balaban J connectivity index is -0.000000294. The zero-order chi connectivity index (χ0) is 35.7. The van der Waals surface area contributed by atoms with Gasteiger partial charge in [0, 0.05) is 60.4 Å². The maximum atomic E-state index is 8.99. The summed E-state index contributed by atoms with van der Waals surface area (Å²) in [6, 6.07) is 2.11. The Labute approximate surface area is 404 Å². The van der Waals surface area contributed by atoms with E-state index in [9.17, 15) is 0 Å². The van der Waals surface area contributed by atoms with Crippen molar-refractivity contribution in [3.8, 4) is 0 Å². The van der Waals surface area contributed by atoms with Crippen LogP contribution in [0.2, 0.25) is 77.6 Å². The zero-order valence-corrected chi connectivity index (χ0v) is 45.7. The number of aliphatic hydroxyl groups is 1. The van der Waals surface area contributed by atoms with Crippen LogP contribution in [0, 0.1) is 0 Å². The van der Waals surface area contributed by atoms with Crippen LogP contribution in [-0.2, 0) is 70.2 Å². The molecule has 0 aliphatic rings. The minimum Gasteiger partial charge on any atom is -0.437 e. The second-order valence-electron chi connectivity index (χ2n) is 17.3. The molecule has 0 amide bonds. The van der Waals surface area contributed by atoms with Crippen LogP contribution in [-0.4, -0.2) is 54.0 Å². The summed E-state index contributed by atoms with van der Waals surface area (Å²) in [4.78, 5) is 0. The third-order valence-electron chi connectivity index (χ3n) is 8.74. The van der Waals surface area contributed by atoms with Crippen LogP contribution in [0.3, 0.4) is 0 Å². The first-order chi connectivity index (χ1) is 21.9. The van der Waals surface area contributed by atoms with Crippen molar-refractivity contribution in [2.24, 2.45) is 0 Å². The van der Waals surface area contributed by atoms with Gasteiger partial charge in [-0.1, -0.05) is 200 Å². The van der Waals surface area contributed by atoms with Gasteiger partial charge in [0.05, 0.1) is 0 Å². The SMILES string of the molecule is C.C.C.C.C.C.C.CCCCCCCCCCCCCCCC[Si](C)(O[Si](C)(C)C)O[Si](C)(CCCCCCCCCCCO)O[Si](C)(C)O[Si](C)(C)C.[W].[Y]. The van der Waals surface area contributed by atoms with E-state index in [1.807, 2.05) is 0 Å². The number of hydrogen-bond donors (Lipinski definition) is 1. The fourth-order valence-electron chi connectivity index (χ4n) is 7.06. The van der Waals surface area contributed by atoms with Gasteiger partial charge in [-0.3, -0.25) is 0 Å². The Morgan fingerprint density at radius 2 is 0.589 bits per heavy atom. The Hall–Kier alpha value is 2.68. The average Bonchev–Trinajstić information content (AvgIpc) is 2.91. The van der Waals surface area contributed by atoms with Gasteiger partial charge in [-0.2, -0.15) is 0 Å². The van der Waals surface area contributed by atoms with Crippen LogP contribution in [0.5, 0.6) is 0 Å². The fraction of sp³-hybridized carbons (Fsp3) is 1.00. The Bertz CT molecular complexity index is 748. The van der Waals surface area contributed by atoms with Crippen LogP contribution >= 0.6 is 0 Å². The second kappa shape index (κ2) is 47.2. The number of rotatable bonds is 34. The monoisotopic (exact) mass is 1140 g/mol. The molecule has 0 bridgehead atoms. The quantitative estimate of drug-likeness (QED) is 0.0514. The summed E-state index contributed by atoms with van der Waals surface area (Å²) in [6.07, 6.45) is 30.4. The van der Waals surface area contributed by atoms with Crippen LogP contribution < -0.4 is 0 Å². The minimum absolute atomic E-state index is 0. The maximum Gasteiger partial charge on any atom is 0.317 e. The molecule has 0 rings (SSSR count). The Kier molecular flexibility index (Phi) is 69.4. The van der Waals surface area contributed by atoms with Gasteiger partial charge >= 0.3 is 25.7 Å². The van der Waals surface area contributed by atoms with Gasteiger partial charge in [0.15, 0.2) is 16.6 Å². The molecule has 5 nitrogen and oxygen atoms in total. The van der Waals surface area contributed by atoms with Crippen LogP contribution in [0.4, 0.5) is 0 Å². The predicted octanol–water partition coefficient (Wildman–Crippen LogP) is 18.0. The van der Waals surface area contributed by atoms with E-state index in [2.05, 4.69) is 72.4 Å². The summed E-state index contributed by atoms with van der Waals surface area (Å²) in [5.41, 5.74) is 0. The molecule has 0 fully saturated rings. The zero-order valence-electron chi connectivity index (χ0n) is 35.0. The van der Waals surface area contributed by atoms with E-state index >= 15 is 0 Å². The van der Waals surface area contributed by atoms with E-state index in [0.717, 1.165) is 24.9 Å². The molecule has 0 aromatic rings.